The first kappa shape index (κ1) is 17.5. The molecule has 124 valence electrons. The minimum Gasteiger partial charge on any atom is -0.493 e. The molecule has 0 saturated carbocycles. The highest BCUT2D eigenvalue weighted by Gasteiger charge is 2.12. The molecule has 0 aliphatic rings. The van der Waals surface area contributed by atoms with Gasteiger partial charge in [-0.25, -0.2) is 0 Å². The van der Waals surface area contributed by atoms with Crippen molar-refractivity contribution >= 4 is 12.2 Å². The van der Waals surface area contributed by atoms with E-state index in [0.29, 0.717) is 17.8 Å². The smallest absolute Gasteiger partial charge is 0.255 e. The van der Waals surface area contributed by atoms with Crippen LogP contribution in [-0.4, -0.2) is 16.6 Å². The van der Waals surface area contributed by atoms with Crippen molar-refractivity contribution in [2.45, 2.75) is 46.0 Å². The Labute approximate surface area is 141 Å². The Morgan fingerprint density at radius 1 is 1.13 bits per heavy atom. The molecule has 0 unspecified atom stereocenters. The van der Waals surface area contributed by atoms with Gasteiger partial charge in [-0.05, 0) is 36.7 Å². The molecule has 0 aliphatic carbocycles. The van der Waals surface area contributed by atoms with Crippen molar-refractivity contribution in [1.29, 1.82) is 0 Å². The fourth-order valence-corrected chi connectivity index (χ4v) is 2.73. The molecule has 0 radical (unpaired) electrons. The van der Waals surface area contributed by atoms with Crippen LogP contribution in [0.2, 0.25) is 0 Å². The molecule has 0 aliphatic heterocycles. The number of hydrogen-bond acceptors (Lipinski definition) is 3. The van der Waals surface area contributed by atoms with Crippen LogP contribution < -0.4 is 10.3 Å². The lowest BCUT2D eigenvalue weighted by Gasteiger charge is -2.13. The van der Waals surface area contributed by atoms with Crippen LogP contribution in [0.15, 0.2) is 29.1 Å². The van der Waals surface area contributed by atoms with Crippen molar-refractivity contribution in [2.75, 3.05) is 6.61 Å². The maximum atomic E-state index is 12.3. The third kappa shape index (κ3) is 4.79. The minimum atomic E-state index is -0.111. The van der Waals surface area contributed by atoms with Crippen molar-refractivity contribution in [2.24, 2.45) is 0 Å². The van der Waals surface area contributed by atoms with E-state index in [9.17, 15) is 4.79 Å². The van der Waals surface area contributed by atoms with Gasteiger partial charge >= 0.3 is 0 Å². The fraction of sp³-hybridized carbons (Fsp3) is 0.444. The molecule has 0 bridgehead atoms. The third-order valence-corrected chi connectivity index (χ3v) is 3.93. The highest BCUT2D eigenvalue weighted by Crippen LogP contribution is 2.22. The normalized spacial score (nSPS) is 10.7. The second kappa shape index (κ2) is 8.67. The van der Waals surface area contributed by atoms with Crippen LogP contribution >= 0.6 is 12.2 Å². The van der Waals surface area contributed by atoms with E-state index in [1.807, 2.05) is 24.3 Å². The minimum absolute atomic E-state index is 0.111. The lowest BCUT2D eigenvalue weighted by molar-refractivity contribution is 0.306. The van der Waals surface area contributed by atoms with Crippen molar-refractivity contribution < 1.29 is 4.74 Å². The average Bonchev–Trinajstić information content (AvgIpc) is 2.52. The number of benzene rings is 1. The van der Waals surface area contributed by atoms with Gasteiger partial charge in [0.15, 0.2) is 4.77 Å². The summed E-state index contributed by atoms with van der Waals surface area (Å²) in [6.45, 7) is 4.92. The Morgan fingerprint density at radius 2 is 1.91 bits per heavy atom. The summed E-state index contributed by atoms with van der Waals surface area (Å²) in [5.74, 6) is 0.852. The van der Waals surface area contributed by atoms with Crippen LogP contribution in [0.25, 0.3) is 0 Å². The van der Waals surface area contributed by atoms with E-state index in [2.05, 4.69) is 23.8 Å². The van der Waals surface area contributed by atoms with Crippen molar-refractivity contribution in [3.63, 3.8) is 0 Å². The van der Waals surface area contributed by atoms with Crippen LogP contribution in [0.1, 0.15) is 49.9 Å². The van der Waals surface area contributed by atoms with Crippen molar-refractivity contribution in [1.82, 2.24) is 9.97 Å². The van der Waals surface area contributed by atoms with E-state index in [4.69, 9.17) is 17.0 Å². The van der Waals surface area contributed by atoms with Gasteiger partial charge in [-0.15, -0.1) is 0 Å². The number of para-hydroxylation sites is 1. The van der Waals surface area contributed by atoms with Crippen LogP contribution in [-0.2, 0) is 12.8 Å². The van der Waals surface area contributed by atoms with Gasteiger partial charge in [-0.3, -0.25) is 9.78 Å². The van der Waals surface area contributed by atoms with Gasteiger partial charge < -0.3 is 9.72 Å². The average molecular weight is 332 g/mol. The third-order valence-electron chi connectivity index (χ3n) is 3.73. The number of aromatic amines is 2. The quantitative estimate of drug-likeness (QED) is 0.564. The molecular formula is C18H24N2O2S. The van der Waals surface area contributed by atoms with Crippen molar-refractivity contribution in [3.8, 4) is 5.75 Å². The number of rotatable bonds is 8. The number of H-pyrrole nitrogens is 2. The number of hydrogen-bond donors (Lipinski definition) is 2. The van der Waals surface area contributed by atoms with Crippen LogP contribution in [0.5, 0.6) is 5.75 Å². The summed E-state index contributed by atoms with van der Waals surface area (Å²) < 4.78 is 6.25. The van der Waals surface area contributed by atoms with Gasteiger partial charge in [-0.2, -0.15) is 0 Å². The molecule has 0 fully saturated rings. The largest absolute Gasteiger partial charge is 0.493 e. The SMILES string of the molecule is CCCCOc1ccccc1Cc1c(CCC)[nH]c(=S)[nH]c1=O. The van der Waals surface area contributed by atoms with E-state index in [-0.39, 0.29) is 5.56 Å². The Bertz CT molecular complexity index is 749. The first-order chi connectivity index (χ1) is 11.2. The number of ether oxygens (including phenoxy) is 1. The summed E-state index contributed by atoms with van der Waals surface area (Å²) in [6.07, 6.45) is 4.42. The van der Waals surface area contributed by atoms with Crippen LogP contribution in [0.4, 0.5) is 0 Å². The molecule has 1 heterocycles. The lowest BCUT2D eigenvalue weighted by atomic mass is 10.0. The van der Waals surface area contributed by atoms with Gasteiger partial charge in [0.05, 0.1) is 6.61 Å². The van der Waals surface area contributed by atoms with E-state index in [0.717, 1.165) is 48.3 Å². The predicted molar refractivity (Wildman–Crippen MR) is 95.9 cm³/mol. The van der Waals surface area contributed by atoms with Crippen LogP contribution in [0.3, 0.4) is 0 Å². The van der Waals surface area contributed by atoms with E-state index in [1.54, 1.807) is 0 Å². The molecule has 0 spiro atoms. The molecule has 0 atom stereocenters. The zero-order valence-electron chi connectivity index (χ0n) is 13.8. The number of aromatic nitrogens is 2. The highest BCUT2D eigenvalue weighted by molar-refractivity contribution is 7.71. The highest BCUT2D eigenvalue weighted by atomic mass is 32.1. The molecule has 4 nitrogen and oxygen atoms in total. The van der Waals surface area contributed by atoms with E-state index >= 15 is 0 Å². The Kier molecular flexibility index (Phi) is 6.59. The fourth-order valence-electron chi connectivity index (χ4n) is 2.52. The maximum Gasteiger partial charge on any atom is 0.255 e. The molecule has 2 N–H and O–H groups in total. The van der Waals surface area contributed by atoms with Gasteiger partial charge in [-0.1, -0.05) is 44.9 Å². The van der Waals surface area contributed by atoms with E-state index in [1.165, 1.54) is 0 Å². The maximum absolute atomic E-state index is 12.3. The van der Waals surface area contributed by atoms with Crippen LogP contribution in [0, 0.1) is 4.77 Å². The van der Waals surface area contributed by atoms with E-state index < -0.39 is 0 Å². The lowest BCUT2D eigenvalue weighted by Crippen LogP contribution is -2.18. The zero-order valence-corrected chi connectivity index (χ0v) is 14.6. The van der Waals surface area contributed by atoms with Gasteiger partial charge in [0.2, 0.25) is 0 Å². The molecule has 1 aromatic carbocycles. The summed E-state index contributed by atoms with van der Waals surface area (Å²) in [5, 5.41) is 0. The second-order valence-electron chi connectivity index (χ2n) is 5.60. The number of nitrogens with one attached hydrogen (secondary N) is 2. The second-order valence-corrected chi connectivity index (χ2v) is 6.01. The summed E-state index contributed by atoms with van der Waals surface area (Å²) in [5.41, 5.74) is 2.58. The zero-order chi connectivity index (χ0) is 16.7. The molecule has 1 aromatic heterocycles. The molecular weight excluding hydrogens is 308 g/mol. The van der Waals surface area contributed by atoms with Crippen molar-refractivity contribution in [3.05, 3.63) is 56.2 Å². The number of unbranched alkanes of at least 4 members (excludes halogenated alkanes) is 1. The molecule has 0 saturated heterocycles. The first-order valence-corrected chi connectivity index (χ1v) is 8.61. The Hall–Kier alpha value is -1.88. The van der Waals surface area contributed by atoms with Gasteiger partial charge in [0.1, 0.15) is 5.75 Å². The molecule has 23 heavy (non-hydrogen) atoms. The molecule has 0 amide bonds. The molecule has 2 aromatic rings. The predicted octanol–water partition coefficient (Wildman–Crippen LogP) is 4.15. The summed E-state index contributed by atoms with van der Waals surface area (Å²) in [6, 6.07) is 7.91. The molecule has 5 heteroatoms. The standard InChI is InChI=1S/C18H24N2O2S/c1-3-5-11-22-16-10-7-6-9-13(16)12-14-15(8-4-2)19-18(23)20-17(14)21/h6-7,9-10H,3-5,8,11-12H2,1-2H3,(H2,19,20,21,23). The molecule has 2 rings (SSSR count). The monoisotopic (exact) mass is 332 g/mol. The van der Waals surface area contributed by atoms with Gasteiger partial charge in [0, 0.05) is 17.7 Å². The first-order valence-electron chi connectivity index (χ1n) is 8.20. The summed E-state index contributed by atoms with van der Waals surface area (Å²) >= 11 is 5.09. The summed E-state index contributed by atoms with van der Waals surface area (Å²) in [7, 11) is 0. The Morgan fingerprint density at radius 3 is 2.65 bits per heavy atom. The Balaban J connectivity index is 2.32. The number of aryl methyl sites for hydroxylation is 1. The van der Waals surface area contributed by atoms with Gasteiger partial charge in [0.25, 0.3) is 5.56 Å². The topological polar surface area (TPSA) is 57.9 Å². The summed E-state index contributed by atoms with van der Waals surface area (Å²) in [4.78, 5) is 18.1.